The molecule has 2 fully saturated rings. The number of nitrogens with zero attached hydrogens (tertiary/aromatic N) is 2. The van der Waals surface area contributed by atoms with Crippen LogP contribution in [0.15, 0.2) is 78.9 Å². The molecule has 0 spiro atoms. The van der Waals surface area contributed by atoms with E-state index in [0.717, 1.165) is 37.4 Å². The molecule has 1 saturated carbocycles. The zero-order valence-electron chi connectivity index (χ0n) is 21.9. The van der Waals surface area contributed by atoms with Gasteiger partial charge in [-0.05, 0) is 54.1 Å². The number of carbonyl (C=O) groups excluding carboxylic acids is 1. The third kappa shape index (κ3) is 4.12. The minimum Gasteiger partial charge on any atom is -0.423 e. The van der Waals surface area contributed by atoms with Crippen molar-refractivity contribution in [2.75, 3.05) is 31.1 Å². The van der Waals surface area contributed by atoms with Gasteiger partial charge in [0.05, 0.1) is 5.56 Å². The SMILES string of the molecule is CC1(C)C(N2CCN(c3ccc(F)cc3)CC2)C(C)(C)C1(O)c1ccc(OC(=O)c2ccccc2)cc1. The highest BCUT2D eigenvalue weighted by Crippen LogP contribution is 2.68. The average Bonchev–Trinajstić information content (AvgIpc) is 2.89. The molecule has 5 rings (SSSR count). The molecule has 194 valence electrons. The van der Waals surface area contributed by atoms with E-state index in [0.29, 0.717) is 11.3 Å². The summed E-state index contributed by atoms with van der Waals surface area (Å²) in [4.78, 5) is 17.2. The largest absolute Gasteiger partial charge is 0.423 e. The molecule has 1 N–H and O–H groups in total. The highest BCUT2D eigenvalue weighted by molar-refractivity contribution is 5.90. The zero-order chi connectivity index (χ0) is 26.4. The van der Waals surface area contributed by atoms with Crippen LogP contribution in [0.3, 0.4) is 0 Å². The first-order valence-corrected chi connectivity index (χ1v) is 12.9. The fraction of sp³-hybridized carbons (Fsp3) is 0.387. The molecular formula is C31H35FN2O3. The standard InChI is InChI=1S/C31H35FN2O3/c1-29(2)28(34-20-18-33(19-21-34)25-14-12-24(32)13-15-25)30(3,4)31(29,36)23-10-16-26(17-11-23)37-27(35)22-8-6-5-7-9-22/h5-17,28,36H,18-21H2,1-4H3. The number of anilines is 1. The normalized spacial score (nSPS) is 24.8. The summed E-state index contributed by atoms with van der Waals surface area (Å²) >= 11 is 0. The molecule has 0 unspecified atom stereocenters. The zero-order valence-corrected chi connectivity index (χ0v) is 21.9. The van der Waals surface area contributed by atoms with Crippen LogP contribution in [0.25, 0.3) is 0 Å². The van der Waals surface area contributed by atoms with E-state index in [1.54, 1.807) is 36.4 Å². The summed E-state index contributed by atoms with van der Waals surface area (Å²) in [6.45, 7) is 12.0. The van der Waals surface area contributed by atoms with Crippen LogP contribution in [0.2, 0.25) is 0 Å². The van der Waals surface area contributed by atoms with E-state index >= 15 is 0 Å². The molecule has 6 heteroatoms. The lowest BCUT2D eigenvalue weighted by atomic mass is 9.39. The Kier molecular flexibility index (Phi) is 6.37. The van der Waals surface area contributed by atoms with Crippen LogP contribution in [-0.2, 0) is 5.60 Å². The summed E-state index contributed by atoms with van der Waals surface area (Å²) in [5, 5.41) is 12.2. The van der Waals surface area contributed by atoms with Crippen molar-refractivity contribution in [3.63, 3.8) is 0 Å². The van der Waals surface area contributed by atoms with Crippen molar-refractivity contribution in [3.05, 3.63) is 95.8 Å². The van der Waals surface area contributed by atoms with Crippen molar-refractivity contribution in [3.8, 4) is 5.75 Å². The molecule has 1 saturated heterocycles. The first-order valence-electron chi connectivity index (χ1n) is 12.9. The second-order valence-electron chi connectivity index (χ2n) is 11.3. The summed E-state index contributed by atoms with van der Waals surface area (Å²) < 4.78 is 18.9. The molecule has 0 atom stereocenters. The molecule has 0 bridgehead atoms. The van der Waals surface area contributed by atoms with Gasteiger partial charge in [-0.1, -0.05) is 58.0 Å². The monoisotopic (exact) mass is 502 g/mol. The fourth-order valence-corrected chi connectivity index (χ4v) is 7.10. The summed E-state index contributed by atoms with van der Waals surface area (Å²) in [7, 11) is 0. The maximum Gasteiger partial charge on any atom is 0.343 e. The fourth-order valence-electron chi connectivity index (χ4n) is 7.10. The van der Waals surface area contributed by atoms with Crippen LogP contribution in [0.4, 0.5) is 10.1 Å². The molecule has 0 aromatic heterocycles. The van der Waals surface area contributed by atoms with Crippen LogP contribution in [0.1, 0.15) is 43.6 Å². The Bertz CT molecular complexity index is 1230. The van der Waals surface area contributed by atoms with Gasteiger partial charge in [-0.15, -0.1) is 0 Å². The van der Waals surface area contributed by atoms with Crippen LogP contribution < -0.4 is 9.64 Å². The Morgan fingerprint density at radius 1 is 0.838 bits per heavy atom. The van der Waals surface area contributed by atoms with Gasteiger partial charge in [0.25, 0.3) is 0 Å². The Balaban J connectivity index is 1.29. The van der Waals surface area contributed by atoms with Gasteiger partial charge in [-0.25, -0.2) is 9.18 Å². The average molecular weight is 503 g/mol. The van der Waals surface area contributed by atoms with E-state index in [4.69, 9.17) is 4.74 Å². The van der Waals surface area contributed by atoms with Crippen molar-refractivity contribution in [1.82, 2.24) is 4.90 Å². The number of halogens is 1. The smallest absolute Gasteiger partial charge is 0.343 e. The molecule has 3 aromatic carbocycles. The van der Waals surface area contributed by atoms with Crippen molar-refractivity contribution < 1.29 is 19.0 Å². The van der Waals surface area contributed by atoms with Gasteiger partial charge >= 0.3 is 5.97 Å². The van der Waals surface area contributed by atoms with Crippen molar-refractivity contribution >= 4 is 11.7 Å². The Hall–Kier alpha value is -3.22. The lowest BCUT2D eigenvalue weighted by molar-refractivity contribution is -0.307. The number of rotatable bonds is 5. The molecular weight excluding hydrogens is 467 g/mol. The molecule has 0 radical (unpaired) electrons. The van der Waals surface area contributed by atoms with Gasteiger partial charge in [0.1, 0.15) is 17.2 Å². The maximum absolute atomic E-state index is 13.3. The summed E-state index contributed by atoms with van der Waals surface area (Å²) in [6, 6.07) is 23.0. The van der Waals surface area contributed by atoms with Crippen LogP contribution in [-0.4, -0.2) is 48.2 Å². The van der Waals surface area contributed by atoms with Gasteiger partial charge in [-0.2, -0.15) is 0 Å². The number of carbonyl (C=O) groups is 1. The predicted octanol–water partition coefficient (Wildman–Crippen LogP) is 5.49. The summed E-state index contributed by atoms with van der Waals surface area (Å²) in [5.41, 5.74) is 0.489. The van der Waals surface area contributed by atoms with E-state index < -0.39 is 22.4 Å². The molecule has 37 heavy (non-hydrogen) atoms. The quantitative estimate of drug-likeness (QED) is 0.369. The Morgan fingerprint density at radius 2 is 1.41 bits per heavy atom. The van der Waals surface area contributed by atoms with Crippen molar-refractivity contribution in [2.24, 2.45) is 10.8 Å². The Morgan fingerprint density at radius 3 is 1.97 bits per heavy atom. The first kappa shape index (κ1) is 25.4. The number of benzene rings is 3. The molecule has 1 aliphatic heterocycles. The van der Waals surface area contributed by atoms with Crippen LogP contribution >= 0.6 is 0 Å². The Labute approximate surface area is 218 Å². The summed E-state index contributed by atoms with van der Waals surface area (Å²) in [5.74, 6) is -0.178. The number of hydrogen-bond donors (Lipinski definition) is 1. The molecule has 2 aliphatic rings. The van der Waals surface area contributed by atoms with Gasteiger partial charge < -0.3 is 14.7 Å². The molecule has 1 heterocycles. The lowest BCUT2D eigenvalue weighted by Crippen LogP contribution is -2.79. The third-order valence-electron chi connectivity index (χ3n) is 8.60. The second-order valence-corrected chi connectivity index (χ2v) is 11.3. The maximum atomic E-state index is 13.3. The molecule has 5 nitrogen and oxygen atoms in total. The lowest BCUT2D eigenvalue weighted by Gasteiger charge is -2.72. The van der Waals surface area contributed by atoms with Crippen LogP contribution in [0, 0.1) is 16.6 Å². The van der Waals surface area contributed by atoms with Gasteiger partial charge in [-0.3, -0.25) is 4.90 Å². The molecule has 3 aromatic rings. The molecule has 1 aliphatic carbocycles. The van der Waals surface area contributed by atoms with E-state index in [9.17, 15) is 14.3 Å². The van der Waals surface area contributed by atoms with Crippen LogP contribution in [0.5, 0.6) is 5.75 Å². The van der Waals surface area contributed by atoms with E-state index in [1.807, 2.05) is 30.3 Å². The number of aliphatic hydroxyl groups is 1. The first-order chi connectivity index (χ1) is 17.6. The number of esters is 1. The number of ether oxygens (including phenoxy) is 1. The topological polar surface area (TPSA) is 53.0 Å². The minimum absolute atomic E-state index is 0.177. The van der Waals surface area contributed by atoms with E-state index in [-0.39, 0.29) is 11.9 Å². The van der Waals surface area contributed by atoms with Gasteiger partial charge in [0, 0.05) is 48.7 Å². The second kappa shape index (κ2) is 9.26. The number of hydrogen-bond acceptors (Lipinski definition) is 5. The predicted molar refractivity (Wildman–Crippen MR) is 143 cm³/mol. The van der Waals surface area contributed by atoms with Gasteiger partial charge in [0.15, 0.2) is 0 Å². The van der Waals surface area contributed by atoms with Gasteiger partial charge in [0.2, 0.25) is 0 Å². The minimum atomic E-state index is -1.05. The summed E-state index contributed by atoms with van der Waals surface area (Å²) in [6.07, 6.45) is 0. The third-order valence-corrected chi connectivity index (χ3v) is 8.60. The molecule has 0 amide bonds. The number of piperazine rings is 1. The highest BCUT2D eigenvalue weighted by atomic mass is 19.1. The van der Waals surface area contributed by atoms with E-state index in [2.05, 4.69) is 37.5 Å². The van der Waals surface area contributed by atoms with Crippen molar-refractivity contribution in [2.45, 2.75) is 39.3 Å². The van der Waals surface area contributed by atoms with E-state index in [1.165, 1.54) is 12.1 Å². The highest BCUT2D eigenvalue weighted by Gasteiger charge is 2.73. The van der Waals surface area contributed by atoms with Crippen molar-refractivity contribution in [1.29, 1.82) is 0 Å².